The van der Waals surface area contributed by atoms with Crippen molar-refractivity contribution in [3.63, 3.8) is 0 Å². The second-order valence-corrected chi connectivity index (χ2v) is 7.94. The topological polar surface area (TPSA) is 44.8 Å². The molecule has 0 radical (unpaired) electrons. The number of ether oxygens (including phenoxy) is 3. The molecule has 4 aromatic rings. The van der Waals surface area contributed by atoms with Crippen LogP contribution >= 0.6 is 15.9 Å². The van der Waals surface area contributed by atoms with Gasteiger partial charge in [-0.3, -0.25) is 0 Å². The molecule has 5 heteroatoms. The number of methoxy groups -OCH3 is 1. The first-order chi connectivity index (χ1) is 15.6. The lowest BCUT2D eigenvalue weighted by molar-refractivity contribution is -0.136. The first-order valence-electron chi connectivity index (χ1n) is 10.1. The van der Waals surface area contributed by atoms with Crippen LogP contribution < -0.4 is 14.2 Å². The van der Waals surface area contributed by atoms with Gasteiger partial charge in [-0.05, 0) is 58.3 Å². The van der Waals surface area contributed by atoms with Crippen molar-refractivity contribution in [2.24, 2.45) is 0 Å². The van der Waals surface area contributed by atoms with Gasteiger partial charge in [0.05, 0.1) is 7.11 Å². The predicted octanol–water partition coefficient (Wildman–Crippen LogP) is 6.77. The number of fused-ring (bicyclic) bond motifs is 1. The van der Waals surface area contributed by atoms with Crippen molar-refractivity contribution >= 4 is 44.8 Å². The lowest BCUT2D eigenvalue weighted by Gasteiger charge is -2.11. The van der Waals surface area contributed by atoms with Crippen molar-refractivity contribution in [2.75, 3.05) is 13.7 Å². The normalized spacial score (nSPS) is 10.9. The van der Waals surface area contributed by atoms with Crippen LogP contribution in [0.15, 0.2) is 89.4 Å². The quantitative estimate of drug-likeness (QED) is 0.163. The lowest BCUT2D eigenvalue weighted by atomic mass is 10.0. The van der Waals surface area contributed by atoms with E-state index in [0.29, 0.717) is 17.2 Å². The maximum absolute atomic E-state index is 12.2. The highest BCUT2D eigenvalue weighted by Crippen LogP contribution is 2.29. The van der Waals surface area contributed by atoms with Gasteiger partial charge in [0.1, 0.15) is 5.75 Å². The maximum Gasteiger partial charge on any atom is 0.349 e. The van der Waals surface area contributed by atoms with E-state index >= 15 is 0 Å². The Balaban J connectivity index is 1.44. The Morgan fingerprint density at radius 3 is 2.47 bits per heavy atom. The summed E-state index contributed by atoms with van der Waals surface area (Å²) in [6, 6.07) is 27.1. The number of carbonyl (C=O) groups excluding carboxylic acids is 1. The molecule has 0 aliphatic heterocycles. The van der Waals surface area contributed by atoms with E-state index in [9.17, 15) is 4.79 Å². The van der Waals surface area contributed by atoms with Crippen molar-refractivity contribution in [3.05, 3.63) is 101 Å². The largest absolute Gasteiger partial charge is 0.493 e. The SMILES string of the molecule is COc1cc(/C=C/c2cccc3ccccc23)ccc1OC(=O)COc1ccc(Br)cc1. The van der Waals surface area contributed by atoms with Gasteiger partial charge >= 0.3 is 5.97 Å². The Kier molecular flexibility index (Phi) is 6.87. The van der Waals surface area contributed by atoms with Gasteiger partial charge in [-0.2, -0.15) is 0 Å². The van der Waals surface area contributed by atoms with Crippen LogP contribution in [0.3, 0.4) is 0 Å². The molecule has 0 aliphatic carbocycles. The average Bonchev–Trinajstić information content (AvgIpc) is 2.83. The molecule has 0 amide bonds. The summed E-state index contributed by atoms with van der Waals surface area (Å²) < 4.78 is 17.3. The zero-order valence-electron chi connectivity index (χ0n) is 17.5. The Bertz CT molecular complexity index is 1260. The third-order valence-corrected chi connectivity index (χ3v) is 5.39. The molecule has 0 aliphatic rings. The summed E-state index contributed by atoms with van der Waals surface area (Å²) in [5.41, 5.74) is 2.06. The Labute approximate surface area is 195 Å². The van der Waals surface area contributed by atoms with Gasteiger partial charge in [0.15, 0.2) is 18.1 Å². The van der Waals surface area contributed by atoms with Gasteiger partial charge in [-0.15, -0.1) is 0 Å². The summed E-state index contributed by atoms with van der Waals surface area (Å²) in [4.78, 5) is 12.2. The Morgan fingerprint density at radius 2 is 1.66 bits per heavy atom. The highest BCUT2D eigenvalue weighted by Gasteiger charge is 2.11. The summed E-state index contributed by atoms with van der Waals surface area (Å²) in [5.74, 6) is 0.901. The van der Waals surface area contributed by atoms with E-state index in [1.54, 1.807) is 25.3 Å². The molecule has 0 bridgehead atoms. The van der Waals surface area contributed by atoms with Gasteiger partial charge in [0.2, 0.25) is 0 Å². The van der Waals surface area contributed by atoms with Gasteiger partial charge in [-0.25, -0.2) is 4.79 Å². The number of hydrogen-bond acceptors (Lipinski definition) is 4. The fourth-order valence-corrected chi connectivity index (χ4v) is 3.54. The Morgan fingerprint density at radius 1 is 0.875 bits per heavy atom. The van der Waals surface area contributed by atoms with E-state index < -0.39 is 5.97 Å². The van der Waals surface area contributed by atoms with Crippen LogP contribution in [0.2, 0.25) is 0 Å². The molecule has 4 nitrogen and oxygen atoms in total. The van der Waals surface area contributed by atoms with Crippen molar-refractivity contribution in [1.82, 2.24) is 0 Å². The van der Waals surface area contributed by atoms with Crippen LogP contribution in [0.25, 0.3) is 22.9 Å². The second-order valence-electron chi connectivity index (χ2n) is 7.03. The van der Waals surface area contributed by atoms with Crippen molar-refractivity contribution in [3.8, 4) is 17.2 Å². The van der Waals surface area contributed by atoms with E-state index in [1.165, 1.54) is 10.8 Å². The molecule has 0 unspecified atom stereocenters. The number of benzene rings is 4. The molecule has 0 saturated carbocycles. The molecule has 0 saturated heterocycles. The first kappa shape index (κ1) is 21.7. The molecule has 4 aromatic carbocycles. The minimum atomic E-state index is -0.509. The maximum atomic E-state index is 12.2. The van der Waals surface area contributed by atoms with E-state index in [-0.39, 0.29) is 6.61 Å². The lowest BCUT2D eigenvalue weighted by Crippen LogP contribution is -2.18. The second kappa shape index (κ2) is 10.2. The molecule has 0 spiro atoms. The molecule has 0 heterocycles. The van der Waals surface area contributed by atoms with Gasteiger partial charge in [0.25, 0.3) is 0 Å². The molecule has 0 aromatic heterocycles. The van der Waals surface area contributed by atoms with E-state index in [1.807, 2.05) is 48.5 Å². The van der Waals surface area contributed by atoms with Gasteiger partial charge < -0.3 is 14.2 Å². The molecule has 32 heavy (non-hydrogen) atoms. The molecular weight excluding hydrogens is 468 g/mol. The van der Waals surface area contributed by atoms with Gasteiger partial charge in [0, 0.05) is 4.47 Å². The van der Waals surface area contributed by atoms with E-state index in [4.69, 9.17) is 14.2 Å². The molecule has 0 fully saturated rings. The third-order valence-electron chi connectivity index (χ3n) is 4.86. The van der Waals surface area contributed by atoms with Crippen LogP contribution in [-0.4, -0.2) is 19.7 Å². The summed E-state index contributed by atoms with van der Waals surface area (Å²) in [6.45, 7) is -0.201. The standard InChI is InChI=1S/C27H21BrO4/c1-30-26-17-19(9-11-21-7-4-6-20-5-2-3-8-24(20)21)10-16-25(26)32-27(29)18-31-23-14-12-22(28)13-15-23/h2-17H,18H2,1H3/b11-9+. The molecule has 0 atom stereocenters. The van der Waals surface area contributed by atoms with Crippen molar-refractivity contribution in [2.45, 2.75) is 0 Å². The predicted molar refractivity (Wildman–Crippen MR) is 131 cm³/mol. The fraction of sp³-hybridized carbons (Fsp3) is 0.0741. The first-order valence-corrected chi connectivity index (χ1v) is 10.8. The monoisotopic (exact) mass is 488 g/mol. The minimum absolute atomic E-state index is 0.201. The number of esters is 1. The zero-order chi connectivity index (χ0) is 22.3. The average molecular weight is 489 g/mol. The van der Waals surface area contributed by atoms with Crippen LogP contribution in [0.1, 0.15) is 11.1 Å². The van der Waals surface area contributed by atoms with E-state index in [2.05, 4.69) is 46.3 Å². The highest BCUT2D eigenvalue weighted by atomic mass is 79.9. The smallest absolute Gasteiger partial charge is 0.349 e. The zero-order valence-corrected chi connectivity index (χ0v) is 19.0. The van der Waals surface area contributed by atoms with Crippen LogP contribution in [0.5, 0.6) is 17.2 Å². The number of carbonyl (C=O) groups is 1. The van der Waals surface area contributed by atoms with Crippen LogP contribution in [0.4, 0.5) is 0 Å². The molecule has 0 N–H and O–H groups in total. The Hall–Kier alpha value is -3.57. The van der Waals surface area contributed by atoms with Crippen LogP contribution in [0, 0.1) is 0 Å². The molecule has 4 rings (SSSR count). The summed E-state index contributed by atoms with van der Waals surface area (Å²) in [5, 5.41) is 2.38. The van der Waals surface area contributed by atoms with E-state index in [0.717, 1.165) is 15.6 Å². The number of hydrogen-bond donors (Lipinski definition) is 0. The van der Waals surface area contributed by atoms with Crippen molar-refractivity contribution < 1.29 is 19.0 Å². The van der Waals surface area contributed by atoms with Crippen molar-refractivity contribution in [1.29, 1.82) is 0 Å². The summed E-state index contributed by atoms with van der Waals surface area (Å²) >= 11 is 3.36. The molecule has 160 valence electrons. The van der Waals surface area contributed by atoms with Crippen LogP contribution in [-0.2, 0) is 4.79 Å². The minimum Gasteiger partial charge on any atom is -0.493 e. The number of rotatable bonds is 7. The highest BCUT2D eigenvalue weighted by molar-refractivity contribution is 9.10. The molecular formula is C27H21BrO4. The summed E-state index contributed by atoms with van der Waals surface area (Å²) in [6.07, 6.45) is 4.07. The fourth-order valence-electron chi connectivity index (χ4n) is 3.28. The number of halogens is 1. The third kappa shape index (κ3) is 5.37. The van der Waals surface area contributed by atoms with Gasteiger partial charge in [-0.1, -0.05) is 76.6 Å². The summed E-state index contributed by atoms with van der Waals surface area (Å²) in [7, 11) is 1.54.